The summed E-state index contributed by atoms with van der Waals surface area (Å²) in [5, 5.41) is 0. The molecule has 180 valence electrons. The maximum Gasteiger partial charge on any atom is 0.404 e. The first-order valence-electron chi connectivity index (χ1n) is 10.6. The molecule has 1 aliphatic heterocycles. The van der Waals surface area contributed by atoms with Crippen LogP contribution in [-0.2, 0) is 38.1 Å². The number of carbonyl (C=O) groups is 4. The number of ether oxygens (including phenoxy) is 4. The van der Waals surface area contributed by atoms with Gasteiger partial charge in [0.05, 0.1) is 18.8 Å². The Balaban J connectivity index is 1.36. The summed E-state index contributed by atoms with van der Waals surface area (Å²) in [6.45, 7) is 2.96. The molecule has 6 atom stereocenters. The molecule has 2 saturated carbocycles. The minimum Gasteiger partial charge on any atom is -0.462 e. The van der Waals surface area contributed by atoms with Crippen LogP contribution in [0.4, 0.5) is 13.2 Å². The van der Waals surface area contributed by atoms with E-state index in [2.05, 4.69) is 4.74 Å². The van der Waals surface area contributed by atoms with E-state index >= 15 is 0 Å². The van der Waals surface area contributed by atoms with Crippen LogP contribution in [0.25, 0.3) is 0 Å². The highest BCUT2D eigenvalue weighted by Gasteiger charge is 2.68. The van der Waals surface area contributed by atoms with Crippen LogP contribution < -0.4 is 0 Å². The lowest BCUT2D eigenvalue weighted by atomic mass is 9.79. The van der Waals surface area contributed by atoms with Crippen molar-refractivity contribution in [3.05, 3.63) is 0 Å². The molecular formula is C21H27F3O8. The molecule has 1 heterocycles. The van der Waals surface area contributed by atoms with E-state index in [0.29, 0.717) is 6.42 Å². The normalized spacial score (nSPS) is 32.2. The van der Waals surface area contributed by atoms with Gasteiger partial charge in [-0.2, -0.15) is 13.2 Å². The molecule has 8 nitrogen and oxygen atoms in total. The average Bonchev–Trinajstić information content (AvgIpc) is 3.27. The van der Waals surface area contributed by atoms with Gasteiger partial charge in [0.15, 0.2) is 5.41 Å². The minimum absolute atomic E-state index is 0.0601. The smallest absolute Gasteiger partial charge is 0.404 e. The molecule has 0 aromatic rings. The van der Waals surface area contributed by atoms with Crippen molar-refractivity contribution in [1.29, 1.82) is 0 Å². The maximum absolute atomic E-state index is 13.0. The molecule has 0 N–H and O–H groups in total. The average molecular weight is 464 g/mol. The van der Waals surface area contributed by atoms with Gasteiger partial charge in [0.2, 0.25) is 0 Å². The van der Waals surface area contributed by atoms with Gasteiger partial charge in [-0.15, -0.1) is 0 Å². The van der Waals surface area contributed by atoms with Crippen molar-refractivity contribution in [2.75, 3.05) is 13.2 Å². The van der Waals surface area contributed by atoms with Crippen molar-refractivity contribution in [2.45, 2.75) is 71.3 Å². The molecule has 6 unspecified atom stereocenters. The zero-order valence-corrected chi connectivity index (χ0v) is 18.2. The van der Waals surface area contributed by atoms with Gasteiger partial charge < -0.3 is 18.9 Å². The van der Waals surface area contributed by atoms with Gasteiger partial charge in [-0.1, -0.05) is 13.8 Å². The molecule has 3 aliphatic rings. The third kappa shape index (κ3) is 4.30. The van der Waals surface area contributed by atoms with E-state index in [4.69, 9.17) is 14.2 Å². The predicted octanol–water partition coefficient (Wildman–Crippen LogP) is 2.71. The van der Waals surface area contributed by atoms with Crippen LogP contribution in [0.5, 0.6) is 0 Å². The summed E-state index contributed by atoms with van der Waals surface area (Å²) in [7, 11) is 0. The van der Waals surface area contributed by atoms with Crippen LogP contribution in [0, 0.1) is 22.7 Å². The summed E-state index contributed by atoms with van der Waals surface area (Å²) >= 11 is 0. The predicted molar refractivity (Wildman–Crippen MR) is 99.7 cm³/mol. The quantitative estimate of drug-likeness (QED) is 0.291. The minimum atomic E-state index is -4.76. The fourth-order valence-electron chi connectivity index (χ4n) is 4.84. The van der Waals surface area contributed by atoms with E-state index in [1.165, 1.54) is 6.92 Å². The first kappa shape index (κ1) is 24.3. The fraction of sp³-hybridized carbons (Fsp3) is 0.810. The van der Waals surface area contributed by atoms with Crippen LogP contribution in [0.1, 0.15) is 52.9 Å². The van der Waals surface area contributed by atoms with Crippen molar-refractivity contribution in [2.24, 2.45) is 22.7 Å². The fourth-order valence-corrected chi connectivity index (χ4v) is 4.84. The van der Waals surface area contributed by atoms with Gasteiger partial charge in [-0.25, -0.2) is 0 Å². The summed E-state index contributed by atoms with van der Waals surface area (Å²) in [6.07, 6.45) is -5.44. The Kier molecular flexibility index (Phi) is 6.50. The number of hydrogen-bond acceptors (Lipinski definition) is 8. The van der Waals surface area contributed by atoms with Gasteiger partial charge in [-0.05, 0) is 26.2 Å². The Labute approximate surface area is 183 Å². The number of hydrogen-bond donors (Lipinski definition) is 0. The first-order valence-corrected chi connectivity index (χ1v) is 10.6. The molecule has 2 bridgehead atoms. The molecule has 2 aliphatic carbocycles. The number of alkyl halides is 3. The highest BCUT2D eigenvalue weighted by molar-refractivity contribution is 5.79. The first-order chi connectivity index (χ1) is 14.8. The van der Waals surface area contributed by atoms with Crippen molar-refractivity contribution >= 4 is 23.9 Å². The molecule has 0 spiro atoms. The number of halogens is 3. The van der Waals surface area contributed by atoms with Gasteiger partial charge in [0, 0.05) is 11.3 Å². The summed E-state index contributed by atoms with van der Waals surface area (Å²) in [4.78, 5) is 47.6. The number of esters is 4. The second-order valence-corrected chi connectivity index (χ2v) is 9.18. The van der Waals surface area contributed by atoms with Crippen LogP contribution in [-0.4, -0.2) is 55.5 Å². The molecule has 3 rings (SSSR count). The standard InChI is InChI=1S/C21H27F3O8/c1-4-20(3,21(22,23)24)18(28)30-8-7-29-13(25)5-6-14(26)31-16-15-11-9-19(16,2)10-12(11)17(27)32-15/h11-12,15-16H,4-10H2,1-3H3. The lowest BCUT2D eigenvalue weighted by Gasteiger charge is -2.32. The van der Waals surface area contributed by atoms with E-state index in [9.17, 15) is 32.3 Å². The Hall–Kier alpha value is -2.33. The van der Waals surface area contributed by atoms with E-state index in [-0.39, 0.29) is 36.1 Å². The largest absolute Gasteiger partial charge is 0.462 e. The van der Waals surface area contributed by atoms with E-state index in [1.807, 2.05) is 6.92 Å². The van der Waals surface area contributed by atoms with Crippen LogP contribution in [0.3, 0.4) is 0 Å². The summed E-state index contributed by atoms with van der Waals surface area (Å²) in [5.41, 5.74) is -2.96. The van der Waals surface area contributed by atoms with Crippen LogP contribution >= 0.6 is 0 Å². The number of carbonyl (C=O) groups excluding carboxylic acids is 4. The second-order valence-electron chi connectivity index (χ2n) is 9.18. The molecular weight excluding hydrogens is 437 g/mol. The third-order valence-electron chi connectivity index (χ3n) is 7.02. The maximum atomic E-state index is 13.0. The van der Waals surface area contributed by atoms with E-state index in [1.54, 1.807) is 0 Å². The van der Waals surface area contributed by atoms with Crippen LogP contribution in [0.15, 0.2) is 0 Å². The zero-order chi connectivity index (χ0) is 23.9. The third-order valence-corrected chi connectivity index (χ3v) is 7.02. The van der Waals surface area contributed by atoms with E-state index < -0.39 is 61.3 Å². The number of rotatable bonds is 9. The zero-order valence-electron chi connectivity index (χ0n) is 18.2. The lowest BCUT2D eigenvalue weighted by Crippen LogP contribution is -2.43. The topological polar surface area (TPSA) is 105 Å². The molecule has 1 saturated heterocycles. The lowest BCUT2D eigenvalue weighted by molar-refractivity contribution is -0.231. The van der Waals surface area contributed by atoms with Gasteiger partial charge in [-0.3, -0.25) is 19.2 Å². The highest BCUT2D eigenvalue weighted by atomic mass is 19.4. The molecule has 11 heteroatoms. The Morgan fingerprint density at radius 2 is 1.72 bits per heavy atom. The number of fused-ring (bicyclic) bond motifs is 1. The van der Waals surface area contributed by atoms with Crippen LogP contribution in [0.2, 0.25) is 0 Å². The van der Waals surface area contributed by atoms with Crippen molar-refractivity contribution in [3.8, 4) is 0 Å². The van der Waals surface area contributed by atoms with E-state index in [0.717, 1.165) is 13.3 Å². The molecule has 3 fully saturated rings. The highest BCUT2D eigenvalue weighted by Crippen LogP contribution is 2.62. The van der Waals surface area contributed by atoms with Gasteiger partial charge in [0.25, 0.3) is 0 Å². The molecule has 0 aromatic heterocycles. The summed E-state index contributed by atoms with van der Waals surface area (Å²) in [6, 6.07) is 0. The van der Waals surface area contributed by atoms with Crippen molar-refractivity contribution in [1.82, 2.24) is 0 Å². The van der Waals surface area contributed by atoms with Gasteiger partial charge >= 0.3 is 30.1 Å². The summed E-state index contributed by atoms with van der Waals surface area (Å²) in [5.74, 6) is -3.17. The molecule has 0 aromatic carbocycles. The second kappa shape index (κ2) is 8.55. The van der Waals surface area contributed by atoms with Crippen molar-refractivity contribution < 1.29 is 51.3 Å². The van der Waals surface area contributed by atoms with Gasteiger partial charge in [0.1, 0.15) is 25.4 Å². The monoisotopic (exact) mass is 464 g/mol. The Morgan fingerprint density at radius 1 is 1.09 bits per heavy atom. The Morgan fingerprint density at radius 3 is 2.34 bits per heavy atom. The van der Waals surface area contributed by atoms with Crippen molar-refractivity contribution in [3.63, 3.8) is 0 Å². The Bertz CT molecular complexity index is 796. The SMILES string of the molecule is CCC(C)(C(=O)OCCOC(=O)CCC(=O)OC1C2OC(=O)C3CC1(C)CC32)C(F)(F)F. The summed E-state index contributed by atoms with van der Waals surface area (Å²) < 4.78 is 59.3. The molecule has 0 radical (unpaired) electrons. The molecule has 0 amide bonds. The molecule has 32 heavy (non-hydrogen) atoms.